The Hall–Kier alpha value is -4.38. The molecule has 0 amide bonds. The van der Waals surface area contributed by atoms with Crippen molar-refractivity contribution in [3.63, 3.8) is 0 Å². The van der Waals surface area contributed by atoms with Gasteiger partial charge in [-0.15, -0.1) is 0 Å². The second-order valence-corrected chi connectivity index (χ2v) is 10.4. The predicted octanol–water partition coefficient (Wildman–Crippen LogP) is 4.27. The van der Waals surface area contributed by atoms with Crippen LogP contribution in [-0.4, -0.2) is 80.5 Å². The van der Waals surface area contributed by atoms with Crippen LogP contribution in [0.3, 0.4) is 0 Å². The molecular formula is C31H37FN7O3+. The van der Waals surface area contributed by atoms with Crippen LogP contribution >= 0.6 is 0 Å². The number of aryl methyl sites for hydroxylation is 2. The van der Waals surface area contributed by atoms with E-state index in [9.17, 15) is 14.3 Å². The van der Waals surface area contributed by atoms with Gasteiger partial charge in [0.1, 0.15) is 35.9 Å². The second-order valence-electron chi connectivity index (χ2n) is 10.4. The Balaban J connectivity index is 1.15. The number of ether oxygens (including phenoxy) is 1. The number of fused-ring (bicyclic) bond motifs is 1. The Morgan fingerprint density at radius 3 is 2.79 bits per heavy atom. The van der Waals surface area contributed by atoms with Crippen molar-refractivity contribution in [1.82, 2.24) is 19.9 Å². The van der Waals surface area contributed by atoms with Gasteiger partial charge >= 0.3 is 11.8 Å². The van der Waals surface area contributed by atoms with Crippen LogP contribution in [0.2, 0.25) is 0 Å². The maximum atomic E-state index is 13.3. The van der Waals surface area contributed by atoms with Gasteiger partial charge in [0, 0.05) is 31.4 Å². The van der Waals surface area contributed by atoms with Crippen molar-refractivity contribution in [2.24, 2.45) is 0 Å². The fourth-order valence-corrected chi connectivity index (χ4v) is 4.95. The molecule has 2 aromatic heterocycles. The van der Waals surface area contributed by atoms with E-state index in [2.05, 4.69) is 37.6 Å². The summed E-state index contributed by atoms with van der Waals surface area (Å²) in [4.78, 5) is 27.6. The minimum Gasteiger partial charge on any atom is -0.492 e. The van der Waals surface area contributed by atoms with Gasteiger partial charge in [-0.05, 0) is 85.9 Å². The third-order valence-electron chi connectivity index (χ3n) is 7.36. The molecule has 0 unspecified atom stereocenters. The number of hydrogen-bond donors (Lipinski definition) is 3. The Labute approximate surface area is 245 Å². The van der Waals surface area contributed by atoms with E-state index in [-0.39, 0.29) is 5.82 Å². The smallest absolute Gasteiger partial charge is 0.333 e. The van der Waals surface area contributed by atoms with E-state index >= 15 is 0 Å². The highest BCUT2D eigenvalue weighted by atomic mass is 19.1. The minimum absolute atomic E-state index is 0.310. The van der Waals surface area contributed by atoms with Crippen molar-refractivity contribution in [3.05, 3.63) is 78.1 Å². The number of unbranched alkanes of at least 4 members (excludes halogenated alkanes) is 1. The Kier molecular flexibility index (Phi) is 10.1. The number of carbonyl (C=O) groups is 1. The topological polar surface area (TPSA) is 116 Å². The fourth-order valence-electron chi connectivity index (χ4n) is 4.95. The first kappa shape index (κ1) is 29.1. The number of halogens is 1. The second kappa shape index (κ2) is 14.5. The van der Waals surface area contributed by atoms with Gasteiger partial charge in [-0.3, -0.25) is 4.90 Å². The molecule has 4 heterocycles. The summed E-state index contributed by atoms with van der Waals surface area (Å²) in [5.74, 6) is 1.49. The molecule has 0 radical (unpaired) electrons. The molecule has 5 rings (SSSR count). The summed E-state index contributed by atoms with van der Waals surface area (Å²) < 4.78 is 20.9. The number of anilines is 2. The quantitative estimate of drug-likeness (QED) is 0.170. The van der Waals surface area contributed by atoms with Crippen LogP contribution in [0.4, 0.5) is 21.8 Å². The maximum Gasteiger partial charge on any atom is 0.333 e. The first-order chi connectivity index (χ1) is 20.5. The summed E-state index contributed by atoms with van der Waals surface area (Å²) in [6.07, 6.45) is 12.4. The molecule has 11 heteroatoms. The molecule has 3 aromatic rings. The first-order valence-corrected chi connectivity index (χ1v) is 14.5. The molecule has 0 fully saturated rings. The van der Waals surface area contributed by atoms with Crippen LogP contribution in [0.25, 0.3) is 0 Å². The maximum absolute atomic E-state index is 13.3. The lowest BCUT2D eigenvalue weighted by Gasteiger charge is -2.24. The van der Waals surface area contributed by atoms with Gasteiger partial charge < -0.3 is 20.5 Å². The van der Waals surface area contributed by atoms with Crippen LogP contribution < -0.4 is 15.4 Å². The number of allylic oxidation sites excluding steroid dienone is 1. The van der Waals surface area contributed by atoms with Gasteiger partial charge in [-0.1, -0.05) is 6.07 Å². The Bertz CT molecular complexity index is 1410. The third-order valence-corrected chi connectivity index (χ3v) is 7.36. The zero-order valence-corrected chi connectivity index (χ0v) is 23.6. The molecule has 0 aliphatic carbocycles. The van der Waals surface area contributed by atoms with Crippen molar-refractivity contribution >= 4 is 29.6 Å². The lowest BCUT2D eigenvalue weighted by atomic mass is 10.1. The van der Waals surface area contributed by atoms with Crippen LogP contribution in [0, 0.1) is 5.82 Å². The lowest BCUT2D eigenvalue weighted by molar-refractivity contribution is -0.369. The largest absolute Gasteiger partial charge is 0.492 e. The van der Waals surface area contributed by atoms with E-state index in [0.717, 1.165) is 56.7 Å². The molecule has 10 nitrogen and oxygen atoms in total. The Morgan fingerprint density at radius 1 is 1.14 bits per heavy atom. The van der Waals surface area contributed by atoms with E-state index in [0.29, 0.717) is 43.5 Å². The van der Waals surface area contributed by atoms with Crippen molar-refractivity contribution < 1.29 is 23.6 Å². The predicted molar refractivity (Wildman–Crippen MR) is 159 cm³/mol. The summed E-state index contributed by atoms with van der Waals surface area (Å²) in [6, 6.07) is 11.2. The van der Waals surface area contributed by atoms with Gasteiger partial charge in [0.15, 0.2) is 0 Å². The minimum atomic E-state index is -0.944. The van der Waals surface area contributed by atoms with Crippen molar-refractivity contribution in [2.45, 2.75) is 44.6 Å². The van der Waals surface area contributed by atoms with Crippen LogP contribution in [-0.2, 0) is 17.6 Å². The van der Waals surface area contributed by atoms with E-state index in [1.54, 1.807) is 18.2 Å². The van der Waals surface area contributed by atoms with Gasteiger partial charge in [0.2, 0.25) is 6.33 Å². The van der Waals surface area contributed by atoms with Gasteiger partial charge in [0.05, 0.1) is 18.5 Å². The number of pyridine rings is 1. The van der Waals surface area contributed by atoms with E-state index in [1.165, 1.54) is 24.0 Å². The van der Waals surface area contributed by atoms with Crippen molar-refractivity contribution in [1.29, 1.82) is 0 Å². The molecule has 0 spiro atoms. The molecule has 2 aliphatic rings. The van der Waals surface area contributed by atoms with Gasteiger partial charge in [-0.25, -0.2) is 18.7 Å². The number of aromatic nitrogens is 3. The molecule has 2 aliphatic heterocycles. The van der Waals surface area contributed by atoms with Gasteiger partial charge in [0.25, 0.3) is 0 Å². The van der Waals surface area contributed by atoms with Crippen molar-refractivity contribution in [3.8, 4) is 5.75 Å². The molecule has 0 saturated heterocycles. The number of nitrogens with zero attached hydrogens (tertiary/aromatic N) is 5. The number of hydrogen-bond acceptors (Lipinski definition) is 8. The molecule has 3 N–H and O–H groups in total. The average molecular weight is 575 g/mol. The SMILES string of the molecule is O=C(O)[C@H](CCN(CCCCc1ccc2c(n1)NCCC2)CCOc1ccc(F)cc1)Nc1cc([N+]2=CC=C2)ncn1. The average Bonchev–Trinajstić information content (AvgIpc) is 2.97. The first-order valence-electron chi connectivity index (χ1n) is 14.5. The van der Waals surface area contributed by atoms with Crippen molar-refractivity contribution in [2.75, 3.05) is 43.4 Å². The third kappa shape index (κ3) is 8.32. The van der Waals surface area contributed by atoms with Crippen LogP contribution in [0.15, 0.2) is 61.1 Å². The Morgan fingerprint density at radius 2 is 2.00 bits per heavy atom. The van der Waals surface area contributed by atoms with E-state index < -0.39 is 12.0 Å². The highest BCUT2D eigenvalue weighted by molar-refractivity contribution is 5.77. The van der Waals surface area contributed by atoms with E-state index in [1.807, 2.05) is 23.1 Å². The standard InChI is InChI=1S/C31H36FN7O3/c32-24-8-11-26(12-9-24)42-20-19-38(15-2-1-6-25-10-7-23-5-3-14-33-30(23)36-25)18-13-27(31(40)41)37-28-21-29(35-22-34-28)39-16-4-17-39/h4,7-12,16-17,21-22,27H,1-3,5-6,13-15,18-20H2,(H2-,33,34,35,36,37,40,41)/p+1/t27-/m0/s1. The van der Waals surface area contributed by atoms with E-state index in [4.69, 9.17) is 9.72 Å². The monoisotopic (exact) mass is 574 g/mol. The van der Waals surface area contributed by atoms with Gasteiger partial charge in [-0.2, -0.15) is 4.98 Å². The number of rotatable bonds is 16. The lowest BCUT2D eigenvalue weighted by Crippen LogP contribution is -2.37. The highest BCUT2D eigenvalue weighted by Gasteiger charge is 2.21. The summed E-state index contributed by atoms with van der Waals surface area (Å²) in [7, 11) is 0. The van der Waals surface area contributed by atoms with Crippen LogP contribution in [0.1, 0.15) is 36.9 Å². The fraction of sp³-hybridized carbons (Fsp3) is 0.387. The van der Waals surface area contributed by atoms with Crippen LogP contribution in [0.5, 0.6) is 5.75 Å². The molecule has 42 heavy (non-hydrogen) atoms. The molecule has 1 aromatic carbocycles. The summed E-state index contributed by atoms with van der Waals surface area (Å²) >= 11 is 0. The number of benzene rings is 1. The summed E-state index contributed by atoms with van der Waals surface area (Å²) in [5, 5.41) is 16.4. The zero-order chi connectivity index (χ0) is 29.1. The summed E-state index contributed by atoms with van der Waals surface area (Å²) in [5.41, 5.74) is 2.37. The number of carboxylic acid groups (broad SMARTS) is 1. The molecule has 0 saturated carbocycles. The highest BCUT2D eigenvalue weighted by Crippen LogP contribution is 2.21. The normalized spacial score (nSPS) is 14.4. The molecular weight excluding hydrogens is 537 g/mol. The summed E-state index contributed by atoms with van der Waals surface area (Å²) in [6.45, 7) is 3.33. The molecule has 220 valence electrons. The number of aliphatic carboxylic acids is 1. The number of nitrogens with one attached hydrogen (secondary N) is 2. The molecule has 0 bridgehead atoms. The molecule has 1 atom stereocenters. The number of carboxylic acids is 1. The zero-order valence-electron chi connectivity index (χ0n) is 23.6.